The molecule has 0 radical (unpaired) electrons. The van der Waals surface area contributed by atoms with Crippen molar-refractivity contribution in [2.24, 2.45) is 10.1 Å². The molecule has 0 amide bonds. The van der Waals surface area contributed by atoms with Crippen molar-refractivity contribution in [3.8, 4) is 0 Å². The van der Waals surface area contributed by atoms with Crippen LogP contribution in [0.5, 0.6) is 0 Å². The minimum atomic E-state index is -3.68. The molecule has 3 rings (SSSR count). The zero-order valence-corrected chi connectivity index (χ0v) is 20.6. The van der Waals surface area contributed by atoms with E-state index in [0.717, 1.165) is 17.1 Å². The number of hydrogen-bond donors (Lipinski definition) is 2. The van der Waals surface area contributed by atoms with Gasteiger partial charge < -0.3 is 15.0 Å². The van der Waals surface area contributed by atoms with Crippen molar-refractivity contribution >= 4 is 40.0 Å². The first-order valence-electron chi connectivity index (χ1n) is 9.74. The van der Waals surface area contributed by atoms with Gasteiger partial charge in [-0.2, -0.15) is 0 Å². The summed E-state index contributed by atoms with van der Waals surface area (Å²) in [6, 6.07) is 12.9. The number of halogens is 2. The third kappa shape index (κ3) is 7.13. The van der Waals surface area contributed by atoms with Gasteiger partial charge >= 0.3 is 0 Å². The highest BCUT2D eigenvalue weighted by Crippen LogP contribution is 2.25. The highest BCUT2D eigenvalue weighted by atomic mass is 127. The van der Waals surface area contributed by atoms with Crippen LogP contribution in [-0.2, 0) is 21.2 Å². The Kier molecular flexibility index (Phi) is 9.22. The second kappa shape index (κ2) is 11.2. The van der Waals surface area contributed by atoms with Crippen molar-refractivity contribution < 1.29 is 17.5 Å². The SMILES string of the molecule is CN=C(NCCc1ccc(S(N)(=O)=O)cc1)N1CC(C)OC(c2ccc(F)cc2)C1.I. The van der Waals surface area contributed by atoms with Crippen molar-refractivity contribution in [2.75, 3.05) is 26.7 Å². The average Bonchev–Trinajstić information content (AvgIpc) is 2.71. The van der Waals surface area contributed by atoms with Crippen LogP contribution in [0.4, 0.5) is 4.39 Å². The van der Waals surface area contributed by atoms with Crippen LogP contribution in [0.25, 0.3) is 0 Å². The maximum absolute atomic E-state index is 13.2. The summed E-state index contributed by atoms with van der Waals surface area (Å²) in [5.41, 5.74) is 1.92. The molecule has 170 valence electrons. The molecule has 1 heterocycles. The van der Waals surface area contributed by atoms with Gasteiger partial charge in [0.25, 0.3) is 0 Å². The lowest BCUT2D eigenvalue weighted by Gasteiger charge is -2.38. The molecule has 0 aromatic heterocycles. The van der Waals surface area contributed by atoms with Crippen LogP contribution in [0.2, 0.25) is 0 Å². The molecule has 31 heavy (non-hydrogen) atoms. The van der Waals surface area contributed by atoms with Crippen molar-refractivity contribution in [1.29, 1.82) is 0 Å². The lowest BCUT2D eigenvalue weighted by Crippen LogP contribution is -2.51. The summed E-state index contributed by atoms with van der Waals surface area (Å²) >= 11 is 0. The molecule has 1 fully saturated rings. The predicted molar refractivity (Wildman–Crippen MR) is 130 cm³/mol. The molecule has 0 spiro atoms. The molecule has 2 atom stereocenters. The van der Waals surface area contributed by atoms with Gasteiger partial charge in [-0.15, -0.1) is 24.0 Å². The third-order valence-electron chi connectivity index (χ3n) is 4.96. The number of guanidine groups is 1. The number of benzene rings is 2. The Labute approximate surface area is 199 Å². The van der Waals surface area contributed by atoms with Gasteiger partial charge in [0, 0.05) is 20.1 Å². The number of nitrogens with one attached hydrogen (secondary N) is 1. The number of primary sulfonamides is 1. The van der Waals surface area contributed by atoms with Gasteiger partial charge in [-0.05, 0) is 48.7 Å². The Morgan fingerprint density at radius 2 is 1.84 bits per heavy atom. The van der Waals surface area contributed by atoms with Gasteiger partial charge in [0.05, 0.1) is 17.5 Å². The minimum absolute atomic E-state index is 0. The summed E-state index contributed by atoms with van der Waals surface area (Å²) in [4.78, 5) is 6.62. The molecule has 2 aromatic carbocycles. The summed E-state index contributed by atoms with van der Waals surface area (Å²) in [6.07, 6.45) is 0.530. The highest BCUT2D eigenvalue weighted by molar-refractivity contribution is 14.0. The molecule has 1 aliphatic heterocycles. The van der Waals surface area contributed by atoms with E-state index in [4.69, 9.17) is 9.88 Å². The van der Waals surface area contributed by atoms with Gasteiger partial charge in [0.2, 0.25) is 10.0 Å². The summed E-state index contributed by atoms with van der Waals surface area (Å²) in [6.45, 7) is 3.94. The van der Waals surface area contributed by atoms with E-state index in [1.54, 1.807) is 31.3 Å². The molecular formula is C21H28FIN4O3S. The maximum Gasteiger partial charge on any atom is 0.238 e. The molecule has 10 heteroatoms. The van der Waals surface area contributed by atoms with Crippen LogP contribution in [0, 0.1) is 5.82 Å². The lowest BCUT2D eigenvalue weighted by molar-refractivity contribution is -0.0604. The van der Waals surface area contributed by atoms with Crippen LogP contribution in [0.15, 0.2) is 58.4 Å². The van der Waals surface area contributed by atoms with Crippen molar-refractivity contribution in [2.45, 2.75) is 30.4 Å². The fraction of sp³-hybridized carbons (Fsp3) is 0.381. The summed E-state index contributed by atoms with van der Waals surface area (Å²) in [5.74, 6) is 0.493. The molecule has 2 aromatic rings. The summed E-state index contributed by atoms with van der Waals surface area (Å²) in [5, 5.41) is 8.48. The Morgan fingerprint density at radius 1 is 1.19 bits per heavy atom. The number of rotatable bonds is 5. The zero-order chi connectivity index (χ0) is 21.7. The number of morpholine rings is 1. The van der Waals surface area contributed by atoms with Crippen LogP contribution in [-0.4, -0.2) is 52.1 Å². The van der Waals surface area contributed by atoms with Crippen molar-refractivity contribution in [3.63, 3.8) is 0 Å². The quantitative estimate of drug-likeness (QED) is 0.332. The molecule has 7 nitrogen and oxygen atoms in total. The van der Waals surface area contributed by atoms with E-state index in [1.165, 1.54) is 24.3 Å². The molecule has 1 saturated heterocycles. The average molecular weight is 562 g/mol. The minimum Gasteiger partial charge on any atom is -0.367 e. The largest absolute Gasteiger partial charge is 0.367 e. The Hall–Kier alpha value is -1.76. The molecule has 0 saturated carbocycles. The number of nitrogens with two attached hydrogens (primary N) is 1. The first-order chi connectivity index (χ1) is 14.3. The number of sulfonamides is 1. The maximum atomic E-state index is 13.2. The van der Waals surface area contributed by atoms with Gasteiger partial charge in [-0.1, -0.05) is 24.3 Å². The van der Waals surface area contributed by atoms with E-state index in [-0.39, 0.29) is 46.9 Å². The standard InChI is InChI=1S/C21H27FN4O3S.HI/c1-15-13-26(14-20(29-15)17-5-7-18(22)8-6-17)21(24-2)25-12-11-16-3-9-19(10-4-16)30(23,27)28;/h3-10,15,20H,11-14H2,1-2H3,(H,24,25)(H2,23,27,28);1H. The predicted octanol–water partition coefficient (Wildman–Crippen LogP) is 2.67. The number of aliphatic imine (C=N–C) groups is 1. The monoisotopic (exact) mass is 562 g/mol. The molecular weight excluding hydrogens is 534 g/mol. The molecule has 2 unspecified atom stereocenters. The Bertz CT molecular complexity index is 985. The smallest absolute Gasteiger partial charge is 0.238 e. The van der Waals surface area contributed by atoms with Crippen LogP contribution < -0.4 is 10.5 Å². The topological polar surface area (TPSA) is 97.0 Å². The van der Waals surface area contributed by atoms with Gasteiger partial charge in [-0.25, -0.2) is 17.9 Å². The Morgan fingerprint density at radius 3 is 2.42 bits per heavy atom. The molecule has 0 aliphatic carbocycles. The number of ether oxygens (including phenoxy) is 1. The first kappa shape index (κ1) is 25.5. The summed E-state index contributed by atoms with van der Waals surface area (Å²) < 4.78 is 42.0. The van der Waals surface area contributed by atoms with Crippen molar-refractivity contribution in [3.05, 3.63) is 65.5 Å². The molecule has 3 N–H and O–H groups in total. The summed E-state index contributed by atoms with van der Waals surface area (Å²) in [7, 11) is -1.95. The second-order valence-electron chi connectivity index (χ2n) is 7.30. The normalized spacial score (nSPS) is 19.6. The lowest BCUT2D eigenvalue weighted by atomic mass is 10.1. The number of hydrogen-bond acceptors (Lipinski definition) is 4. The van der Waals surface area contributed by atoms with E-state index in [0.29, 0.717) is 26.1 Å². The second-order valence-corrected chi connectivity index (χ2v) is 8.87. The molecule has 1 aliphatic rings. The molecule has 0 bridgehead atoms. The zero-order valence-electron chi connectivity index (χ0n) is 17.5. The van der Waals surface area contributed by atoms with Crippen molar-refractivity contribution in [1.82, 2.24) is 10.2 Å². The number of nitrogens with zero attached hydrogens (tertiary/aromatic N) is 2. The van der Waals surface area contributed by atoms with E-state index in [1.807, 2.05) is 6.92 Å². The fourth-order valence-corrected chi connectivity index (χ4v) is 4.00. The van der Waals surface area contributed by atoms with Gasteiger partial charge in [-0.3, -0.25) is 4.99 Å². The fourth-order valence-electron chi connectivity index (χ4n) is 3.48. The highest BCUT2D eigenvalue weighted by Gasteiger charge is 2.28. The van der Waals surface area contributed by atoms with E-state index >= 15 is 0 Å². The first-order valence-corrected chi connectivity index (χ1v) is 11.3. The van der Waals surface area contributed by atoms with E-state index in [9.17, 15) is 12.8 Å². The van der Waals surface area contributed by atoms with E-state index < -0.39 is 10.0 Å². The van der Waals surface area contributed by atoms with Crippen LogP contribution in [0.1, 0.15) is 24.2 Å². The van der Waals surface area contributed by atoms with E-state index in [2.05, 4.69) is 15.2 Å². The van der Waals surface area contributed by atoms with Gasteiger partial charge in [0.15, 0.2) is 5.96 Å². The van der Waals surface area contributed by atoms with Crippen LogP contribution >= 0.6 is 24.0 Å². The third-order valence-corrected chi connectivity index (χ3v) is 5.89. The Balaban J connectivity index is 0.00000341. The van der Waals surface area contributed by atoms with Crippen LogP contribution in [0.3, 0.4) is 0 Å². The van der Waals surface area contributed by atoms with Gasteiger partial charge in [0.1, 0.15) is 11.9 Å².